The Labute approximate surface area is 127 Å². The molecule has 20 heavy (non-hydrogen) atoms. The van der Waals surface area contributed by atoms with E-state index in [4.69, 9.17) is 23.2 Å². The van der Waals surface area contributed by atoms with Crippen LogP contribution in [-0.2, 0) is 5.54 Å². The van der Waals surface area contributed by atoms with E-state index < -0.39 is 0 Å². The number of rotatable bonds is 3. The maximum absolute atomic E-state index is 12.4. The van der Waals surface area contributed by atoms with E-state index in [2.05, 4.69) is 5.32 Å². The average molecular weight is 306 g/mol. The fraction of sp³-hybridized carbons (Fsp3) is 0.188. The summed E-state index contributed by atoms with van der Waals surface area (Å²) in [6.45, 7) is 0. The highest BCUT2D eigenvalue weighted by atomic mass is 35.5. The van der Waals surface area contributed by atoms with Gasteiger partial charge in [-0.05, 0) is 42.7 Å². The first-order valence-electron chi connectivity index (χ1n) is 6.44. The number of carbonyl (C=O) groups excluding carboxylic acids is 1. The van der Waals surface area contributed by atoms with E-state index in [1.165, 1.54) is 0 Å². The molecule has 3 rings (SSSR count). The Balaban J connectivity index is 1.84. The number of amides is 1. The molecule has 0 spiro atoms. The molecular weight excluding hydrogens is 293 g/mol. The number of benzene rings is 2. The molecule has 4 heteroatoms. The van der Waals surface area contributed by atoms with Gasteiger partial charge < -0.3 is 5.32 Å². The normalized spacial score (nSPS) is 15.7. The van der Waals surface area contributed by atoms with Crippen molar-refractivity contribution in [2.45, 2.75) is 18.4 Å². The van der Waals surface area contributed by atoms with Gasteiger partial charge in [0.2, 0.25) is 0 Å². The topological polar surface area (TPSA) is 29.1 Å². The highest BCUT2D eigenvalue weighted by Crippen LogP contribution is 2.46. The molecule has 0 unspecified atom stereocenters. The van der Waals surface area contributed by atoms with Crippen molar-refractivity contribution < 1.29 is 4.79 Å². The van der Waals surface area contributed by atoms with Crippen molar-refractivity contribution in [1.82, 2.24) is 5.32 Å². The smallest absolute Gasteiger partial charge is 0.253 e. The minimum Gasteiger partial charge on any atom is -0.342 e. The molecule has 1 amide bonds. The van der Waals surface area contributed by atoms with Crippen molar-refractivity contribution in [2.75, 3.05) is 0 Å². The summed E-state index contributed by atoms with van der Waals surface area (Å²) in [5.74, 6) is -0.145. The fourth-order valence-electron chi connectivity index (χ4n) is 2.33. The van der Waals surface area contributed by atoms with Crippen LogP contribution >= 0.6 is 23.2 Å². The van der Waals surface area contributed by atoms with Crippen molar-refractivity contribution in [3.8, 4) is 0 Å². The van der Waals surface area contributed by atoms with Gasteiger partial charge in [-0.2, -0.15) is 0 Å². The third kappa shape index (κ3) is 2.54. The zero-order valence-electron chi connectivity index (χ0n) is 10.7. The molecule has 0 aromatic heterocycles. The molecule has 0 aliphatic heterocycles. The Kier molecular flexibility index (Phi) is 3.45. The standard InChI is InChI=1S/C16H13Cl2NO/c17-12-5-3-4-11(10-12)16(8-9-16)19-15(20)13-6-1-2-7-14(13)18/h1-7,10H,8-9H2,(H,19,20). The minimum atomic E-state index is -0.291. The minimum absolute atomic E-state index is 0.145. The number of halogens is 2. The quantitative estimate of drug-likeness (QED) is 0.894. The van der Waals surface area contributed by atoms with E-state index in [9.17, 15) is 4.79 Å². The third-order valence-electron chi connectivity index (χ3n) is 3.60. The molecule has 1 saturated carbocycles. The van der Waals surface area contributed by atoms with Crippen LogP contribution in [0.3, 0.4) is 0 Å². The van der Waals surface area contributed by atoms with Crippen LogP contribution < -0.4 is 5.32 Å². The number of carbonyl (C=O) groups is 1. The second-order valence-corrected chi connectivity index (χ2v) is 5.87. The number of hydrogen-bond donors (Lipinski definition) is 1. The lowest BCUT2D eigenvalue weighted by molar-refractivity contribution is 0.0931. The molecule has 1 N–H and O–H groups in total. The molecule has 0 heterocycles. The summed E-state index contributed by atoms with van der Waals surface area (Å²) in [6.07, 6.45) is 1.84. The van der Waals surface area contributed by atoms with Gasteiger partial charge in [-0.1, -0.05) is 47.5 Å². The predicted octanol–water partition coefficient (Wildman–Crippen LogP) is 4.41. The zero-order valence-corrected chi connectivity index (χ0v) is 12.2. The maximum Gasteiger partial charge on any atom is 0.253 e. The average Bonchev–Trinajstić information content (AvgIpc) is 3.20. The van der Waals surface area contributed by atoms with Crippen LogP contribution in [-0.4, -0.2) is 5.91 Å². The van der Waals surface area contributed by atoms with E-state index in [-0.39, 0.29) is 11.4 Å². The van der Waals surface area contributed by atoms with Gasteiger partial charge in [-0.25, -0.2) is 0 Å². The van der Waals surface area contributed by atoms with Crippen LogP contribution in [0, 0.1) is 0 Å². The van der Waals surface area contributed by atoms with Crippen molar-refractivity contribution in [2.24, 2.45) is 0 Å². The molecule has 1 fully saturated rings. The Morgan fingerprint density at radius 3 is 2.45 bits per heavy atom. The van der Waals surface area contributed by atoms with Crippen molar-refractivity contribution in [1.29, 1.82) is 0 Å². The molecular formula is C16H13Cl2NO. The first-order valence-corrected chi connectivity index (χ1v) is 7.19. The lowest BCUT2D eigenvalue weighted by Gasteiger charge is -2.18. The van der Waals surface area contributed by atoms with E-state index in [0.29, 0.717) is 15.6 Å². The highest BCUT2D eigenvalue weighted by Gasteiger charge is 2.45. The largest absolute Gasteiger partial charge is 0.342 e. The molecule has 2 nitrogen and oxygen atoms in total. The maximum atomic E-state index is 12.4. The third-order valence-corrected chi connectivity index (χ3v) is 4.16. The van der Waals surface area contributed by atoms with Crippen molar-refractivity contribution in [3.63, 3.8) is 0 Å². The van der Waals surface area contributed by atoms with Gasteiger partial charge >= 0.3 is 0 Å². The molecule has 0 bridgehead atoms. The van der Waals surface area contributed by atoms with Gasteiger partial charge in [0.05, 0.1) is 16.1 Å². The Bertz CT molecular complexity index is 665. The lowest BCUT2D eigenvalue weighted by Crippen LogP contribution is -2.35. The van der Waals surface area contributed by atoms with E-state index in [0.717, 1.165) is 18.4 Å². The SMILES string of the molecule is O=C(NC1(c2cccc(Cl)c2)CC1)c1ccccc1Cl. The summed E-state index contributed by atoms with van der Waals surface area (Å²) in [5.41, 5.74) is 1.26. The fourth-order valence-corrected chi connectivity index (χ4v) is 2.74. The van der Waals surface area contributed by atoms with Crippen LogP contribution in [0.2, 0.25) is 10.0 Å². The van der Waals surface area contributed by atoms with Gasteiger partial charge in [0.25, 0.3) is 5.91 Å². The molecule has 102 valence electrons. The van der Waals surface area contributed by atoms with E-state index >= 15 is 0 Å². The van der Waals surface area contributed by atoms with Crippen LogP contribution in [0.1, 0.15) is 28.8 Å². The second-order valence-electron chi connectivity index (χ2n) is 5.03. The monoisotopic (exact) mass is 305 g/mol. The van der Waals surface area contributed by atoms with Crippen LogP contribution in [0.4, 0.5) is 0 Å². The van der Waals surface area contributed by atoms with Gasteiger partial charge in [-0.15, -0.1) is 0 Å². The second kappa shape index (κ2) is 5.12. The first-order chi connectivity index (χ1) is 9.61. The molecule has 0 radical (unpaired) electrons. The van der Waals surface area contributed by atoms with E-state index in [1.807, 2.05) is 30.3 Å². The Hall–Kier alpha value is -1.51. The van der Waals surface area contributed by atoms with Gasteiger partial charge in [0, 0.05) is 5.02 Å². The number of nitrogens with one attached hydrogen (secondary N) is 1. The Morgan fingerprint density at radius 1 is 1.05 bits per heavy atom. The molecule has 2 aromatic rings. The molecule has 1 aliphatic rings. The zero-order chi connectivity index (χ0) is 14.2. The molecule has 0 atom stereocenters. The summed E-state index contributed by atoms with van der Waals surface area (Å²) in [5, 5.41) is 4.23. The summed E-state index contributed by atoms with van der Waals surface area (Å²) in [7, 11) is 0. The predicted molar refractivity (Wildman–Crippen MR) is 81.3 cm³/mol. The highest BCUT2D eigenvalue weighted by molar-refractivity contribution is 6.33. The van der Waals surface area contributed by atoms with Crippen LogP contribution in [0.25, 0.3) is 0 Å². The summed E-state index contributed by atoms with van der Waals surface area (Å²) in [4.78, 5) is 12.4. The van der Waals surface area contributed by atoms with E-state index in [1.54, 1.807) is 18.2 Å². The van der Waals surface area contributed by atoms with Gasteiger partial charge in [0.1, 0.15) is 0 Å². The molecule has 2 aromatic carbocycles. The lowest BCUT2D eigenvalue weighted by atomic mass is 10.0. The summed E-state index contributed by atoms with van der Waals surface area (Å²) in [6, 6.07) is 14.7. The molecule has 0 saturated heterocycles. The van der Waals surface area contributed by atoms with Crippen LogP contribution in [0.5, 0.6) is 0 Å². The van der Waals surface area contributed by atoms with Crippen LogP contribution in [0.15, 0.2) is 48.5 Å². The van der Waals surface area contributed by atoms with Gasteiger partial charge in [-0.3, -0.25) is 4.79 Å². The summed E-state index contributed by atoms with van der Waals surface area (Å²) < 4.78 is 0. The number of hydrogen-bond acceptors (Lipinski definition) is 1. The van der Waals surface area contributed by atoms with Gasteiger partial charge in [0.15, 0.2) is 0 Å². The Morgan fingerprint density at radius 2 is 1.80 bits per heavy atom. The van der Waals surface area contributed by atoms with Crippen molar-refractivity contribution >= 4 is 29.1 Å². The molecule has 1 aliphatic carbocycles. The van der Waals surface area contributed by atoms with Crippen molar-refractivity contribution in [3.05, 3.63) is 69.7 Å². The summed E-state index contributed by atoms with van der Waals surface area (Å²) >= 11 is 12.1. The first kappa shape index (κ1) is 13.5.